The zero-order chi connectivity index (χ0) is 12.3. The summed E-state index contributed by atoms with van der Waals surface area (Å²) in [6.45, 7) is 3.01. The minimum Gasteiger partial charge on any atom is -0.350 e. The maximum atomic E-state index is 5.97. The summed E-state index contributed by atoms with van der Waals surface area (Å²) in [5, 5.41) is 4.02. The van der Waals surface area contributed by atoms with Crippen molar-refractivity contribution in [3.05, 3.63) is 58.9 Å². The van der Waals surface area contributed by atoms with E-state index >= 15 is 0 Å². The molecule has 0 spiro atoms. The zero-order valence-corrected chi connectivity index (χ0v) is 10.9. The Bertz CT molecular complexity index is 490. The van der Waals surface area contributed by atoms with Crippen LogP contribution >= 0.6 is 11.6 Å². The van der Waals surface area contributed by atoms with E-state index in [4.69, 9.17) is 11.6 Å². The quantitative estimate of drug-likeness (QED) is 0.877. The molecule has 1 aromatic heterocycles. The Morgan fingerprint density at radius 2 is 2.18 bits per heavy atom. The lowest BCUT2D eigenvalue weighted by Crippen LogP contribution is -2.11. The summed E-state index contributed by atoms with van der Waals surface area (Å²) < 4.78 is 2.18. The molecule has 0 amide bonds. The van der Waals surface area contributed by atoms with E-state index in [-0.39, 0.29) is 0 Å². The number of nitrogens with zero attached hydrogens (tertiary/aromatic N) is 1. The minimum atomic E-state index is 0.385. The molecule has 90 valence electrons. The monoisotopic (exact) mass is 248 g/mol. The molecule has 0 saturated heterocycles. The van der Waals surface area contributed by atoms with Crippen LogP contribution in [-0.2, 0) is 6.54 Å². The lowest BCUT2D eigenvalue weighted by molar-refractivity contribution is 0.649. The third-order valence-corrected chi connectivity index (χ3v) is 3.20. The fourth-order valence-corrected chi connectivity index (χ4v) is 2.04. The number of benzene rings is 1. The normalized spacial score (nSPS) is 12.6. The van der Waals surface area contributed by atoms with Crippen LogP contribution in [0.2, 0.25) is 5.02 Å². The van der Waals surface area contributed by atoms with Crippen molar-refractivity contribution in [1.82, 2.24) is 9.88 Å². The van der Waals surface area contributed by atoms with Crippen LogP contribution in [0.3, 0.4) is 0 Å². The Morgan fingerprint density at radius 1 is 1.35 bits per heavy atom. The molecule has 0 saturated carbocycles. The van der Waals surface area contributed by atoms with Crippen molar-refractivity contribution in [2.45, 2.75) is 19.5 Å². The number of hydrogen-bond acceptors (Lipinski definition) is 1. The summed E-state index contributed by atoms with van der Waals surface area (Å²) in [4.78, 5) is 0. The summed E-state index contributed by atoms with van der Waals surface area (Å²) in [6, 6.07) is 10.5. The van der Waals surface area contributed by atoms with Gasteiger partial charge in [-0.15, -0.1) is 0 Å². The first-order valence-electron chi connectivity index (χ1n) is 5.76. The summed E-state index contributed by atoms with van der Waals surface area (Å²) in [5.74, 6) is 0. The van der Waals surface area contributed by atoms with Crippen LogP contribution in [0.25, 0.3) is 0 Å². The average Bonchev–Trinajstić information content (AvgIpc) is 2.76. The molecule has 0 radical (unpaired) electrons. The van der Waals surface area contributed by atoms with Crippen molar-refractivity contribution in [1.29, 1.82) is 0 Å². The molecule has 0 bridgehead atoms. The van der Waals surface area contributed by atoms with Crippen LogP contribution in [0.15, 0.2) is 42.7 Å². The van der Waals surface area contributed by atoms with Gasteiger partial charge in [-0.05, 0) is 43.3 Å². The molecule has 1 N–H and O–H groups in total. The van der Waals surface area contributed by atoms with Gasteiger partial charge in [0.15, 0.2) is 0 Å². The smallest absolute Gasteiger partial charge is 0.0470 e. The van der Waals surface area contributed by atoms with E-state index < -0.39 is 0 Å². The van der Waals surface area contributed by atoms with Crippen molar-refractivity contribution >= 4 is 11.6 Å². The molecule has 2 nitrogen and oxygen atoms in total. The van der Waals surface area contributed by atoms with Crippen LogP contribution in [-0.4, -0.2) is 11.6 Å². The summed E-state index contributed by atoms with van der Waals surface area (Å²) in [6.07, 6.45) is 4.27. The number of halogens is 1. The molecular formula is C14H17ClN2. The SMILES string of the molecule is CNC(C)c1ccn(Cc2cccc(Cl)c2)c1. The third-order valence-electron chi connectivity index (χ3n) is 2.96. The largest absolute Gasteiger partial charge is 0.350 e. The van der Waals surface area contributed by atoms with E-state index in [0.717, 1.165) is 11.6 Å². The van der Waals surface area contributed by atoms with E-state index in [1.807, 2.05) is 25.2 Å². The Balaban J connectivity index is 2.11. The van der Waals surface area contributed by atoms with Crippen LogP contribution in [0.4, 0.5) is 0 Å². The van der Waals surface area contributed by atoms with Crippen LogP contribution in [0.1, 0.15) is 24.1 Å². The highest BCUT2D eigenvalue weighted by Gasteiger charge is 2.04. The van der Waals surface area contributed by atoms with Crippen molar-refractivity contribution in [3.63, 3.8) is 0 Å². The predicted octanol–water partition coefficient (Wildman–Crippen LogP) is 3.47. The maximum absolute atomic E-state index is 5.97. The first kappa shape index (κ1) is 12.2. The number of rotatable bonds is 4. The molecule has 0 aliphatic rings. The molecule has 0 aliphatic heterocycles. The van der Waals surface area contributed by atoms with Gasteiger partial charge >= 0.3 is 0 Å². The van der Waals surface area contributed by atoms with Gasteiger partial charge in [-0.25, -0.2) is 0 Å². The van der Waals surface area contributed by atoms with E-state index in [0.29, 0.717) is 6.04 Å². The van der Waals surface area contributed by atoms with E-state index in [2.05, 4.69) is 41.3 Å². The van der Waals surface area contributed by atoms with Gasteiger partial charge in [-0.1, -0.05) is 23.7 Å². The molecule has 17 heavy (non-hydrogen) atoms. The van der Waals surface area contributed by atoms with Gasteiger partial charge in [0.25, 0.3) is 0 Å². The van der Waals surface area contributed by atoms with Crippen LogP contribution in [0.5, 0.6) is 0 Å². The predicted molar refractivity (Wildman–Crippen MR) is 72.5 cm³/mol. The van der Waals surface area contributed by atoms with Gasteiger partial charge in [0.2, 0.25) is 0 Å². The molecule has 3 heteroatoms. The van der Waals surface area contributed by atoms with Crippen molar-refractivity contribution in [2.75, 3.05) is 7.05 Å². The zero-order valence-electron chi connectivity index (χ0n) is 10.2. The number of nitrogens with one attached hydrogen (secondary N) is 1. The standard InChI is InChI=1S/C14H17ClN2/c1-11(16-2)13-6-7-17(10-13)9-12-4-3-5-14(15)8-12/h3-8,10-11,16H,9H2,1-2H3. The van der Waals surface area contributed by atoms with Gasteiger partial charge in [0, 0.05) is 30.0 Å². The Morgan fingerprint density at radius 3 is 2.88 bits per heavy atom. The second kappa shape index (κ2) is 5.39. The van der Waals surface area contributed by atoms with Gasteiger partial charge in [-0.3, -0.25) is 0 Å². The third kappa shape index (κ3) is 3.11. The molecule has 1 aromatic carbocycles. The molecule has 0 fully saturated rings. The molecule has 1 atom stereocenters. The summed E-state index contributed by atoms with van der Waals surface area (Å²) in [7, 11) is 1.97. The Kier molecular flexibility index (Phi) is 3.87. The fraction of sp³-hybridized carbons (Fsp3) is 0.286. The molecule has 0 aliphatic carbocycles. The second-order valence-electron chi connectivity index (χ2n) is 4.26. The highest BCUT2D eigenvalue weighted by atomic mass is 35.5. The second-order valence-corrected chi connectivity index (χ2v) is 4.69. The first-order valence-corrected chi connectivity index (χ1v) is 6.14. The molecular weight excluding hydrogens is 232 g/mol. The lowest BCUT2D eigenvalue weighted by atomic mass is 10.2. The topological polar surface area (TPSA) is 17.0 Å². The minimum absolute atomic E-state index is 0.385. The highest BCUT2D eigenvalue weighted by molar-refractivity contribution is 6.30. The van der Waals surface area contributed by atoms with Gasteiger partial charge in [0.1, 0.15) is 0 Å². The Hall–Kier alpha value is -1.25. The van der Waals surface area contributed by atoms with Crippen LogP contribution < -0.4 is 5.32 Å². The highest BCUT2D eigenvalue weighted by Crippen LogP contribution is 2.15. The van der Waals surface area contributed by atoms with Crippen molar-refractivity contribution in [2.24, 2.45) is 0 Å². The number of aromatic nitrogens is 1. The van der Waals surface area contributed by atoms with Gasteiger partial charge in [-0.2, -0.15) is 0 Å². The average molecular weight is 249 g/mol. The van der Waals surface area contributed by atoms with E-state index in [1.54, 1.807) is 0 Å². The first-order chi connectivity index (χ1) is 8.19. The fourth-order valence-electron chi connectivity index (χ4n) is 1.83. The lowest BCUT2D eigenvalue weighted by Gasteiger charge is -2.07. The van der Waals surface area contributed by atoms with Crippen LogP contribution in [0, 0.1) is 0 Å². The van der Waals surface area contributed by atoms with Crippen molar-refractivity contribution in [3.8, 4) is 0 Å². The Labute approximate surface area is 107 Å². The summed E-state index contributed by atoms with van der Waals surface area (Å²) in [5.41, 5.74) is 2.52. The van der Waals surface area contributed by atoms with Gasteiger partial charge < -0.3 is 9.88 Å². The van der Waals surface area contributed by atoms with Gasteiger partial charge in [0.05, 0.1) is 0 Å². The number of hydrogen-bond donors (Lipinski definition) is 1. The molecule has 1 heterocycles. The summed E-state index contributed by atoms with van der Waals surface area (Å²) >= 11 is 5.97. The molecule has 1 unspecified atom stereocenters. The van der Waals surface area contributed by atoms with E-state index in [9.17, 15) is 0 Å². The molecule has 2 rings (SSSR count). The maximum Gasteiger partial charge on any atom is 0.0470 e. The molecule has 2 aromatic rings. The van der Waals surface area contributed by atoms with E-state index in [1.165, 1.54) is 11.1 Å². The van der Waals surface area contributed by atoms with Crippen molar-refractivity contribution < 1.29 is 0 Å².